The summed E-state index contributed by atoms with van der Waals surface area (Å²) in [5.41, 5.74) is 0.732. The molecule has 154 valence electrons. The van der Waals surface area contributed by atoms with Gasteiger partial charge in [0, 0.05) is 38.1 Å². The minimum absolute atomic E-state index is 0.0165. The predicted octanol–water partition coefficient (Wildman–Crippen LogP) is 2.56. The quantitative estimate of drug-likeness (QED) is 0.838. The molecule has 2 aliphatic rings. The highest BCUT2D eigenvalue weighted by Crippen LogP contribution is 2.34. The van der Waals surface area contributed by atoms with Crippen LogP contribution in [0.4, 0.5) is 0 Å². The van der Waals surface area contributed by atoms with Gasteiger partial charge in [0.2, 0.25) is 11.8 Å². The molecule has 0 unspecified atom stereocenters. The second-order valence-corrected chi connectivity index (χ2v) is 7.91. The molecule has 0 bridgehead atoms. The lowest BCUT2D eigenvalue weighted by molar-refractivity contribution is -0.144. The van der Waals surface area contributed by atoms with Crippen LogP contribution in [0, 0.1) is 0 Å². The Labute approximate surface area is 170 Å². The average molecular weight is 397 g/mol. The summed E-state index contributed by atoms with van der Waals surface area (Å²) >= 11 is 0. The lowest BCUT2D eigenvalue weighted by Crippen LogP contribution is -2.60. The van der Waals surface area contributed by atoms with Gasteiger partial charge in [0.1, 0.15) is 17.0 Å². The summed E-state index contributed by atoms with van der Waals surface area (Å²) in [6, 6.07) is 11.6. The molecule has 3 heterocycles. The third-order valence-corrected chi connectivity index (χ3v) is 5.88. The maximum Gasteiger partial charge on any atom is 0.246 e. The fraction of sp³-hybridized carbons (Fsp3) is 0.500. The Balaban J connectivity index is 1.58. The molecule has 0 radical (unpaired) electrons. The van der Waals surface area contributed by atoms with Crippen molar-refractivity contribution in [3.05, 3.63) is 42.2 Å². The van der Waals surface area contributed by atoms with Gasteiger partial charge < -0.3 is 19.5 Å². The van der Waals surface area contributed by atoms with Crippen molar-refractivity contribution in [2.24, 2.45) is 0 Å². The Morgan fingerprint density at radius 1 is 1.28 bits per heavy atom. The molecule has 0 saturated carbocycles. The molecule has 1 aromatic carbocycles. The summed E-state index contributed by atoms with van der Waals surface area (Å²) in [5.74, 6) is 0.380. The van der Waals surface area contributed by atoms with Crippen molar-refractivity contribution in [1.82, 2.24) is 15.4 Å². The van der Waals surface area contributed by atoms with Crippen LogP contribution in [-0.4, -0.2) is 53.2 Å². The number of nitrogens with zero attached hydrogens (tertiary/aromatic N) is 2. The Morgan fingerprint density at radius 2 is 2.10 bits per heavy atom. The predicted molar refractivity (Wildman–Crippen MR) is 107 cm³/mol. The number of carbonyl (C=O) groups is 2. The van der Waals surface area contributed by atoms with E-state index in [9.17, 15) is 9.59 Å². The van der Waals surface area contributed by atoms with E-state index < -0.39 is 5.54 Å². The number of carbonyl (C=O) groups excluding carboxylic acids is 2. The standard InChI is InChI=1S/C22H27N3O4/c1-16(26)25-11-6-10-22(25,21(27)23-18-9-5-12-28-15-18)14-19-13-20(24-29-19)17-7-3-2-4-8-17/h2-4,7-8,13,18H,5-6,9-12,14-15H2,1H3,(H,23,27)/t18-,22-/m0/s1. The SMILES string of the molecule is CC(=O)N1CCC[C@]1(Cc1cc(-c2ccccc2)no1)C(=O)N[C@H]1CCCOC1. The normalized spacial score (nSPS) is 24.4. The van der Waals surface area contributed by atoms with Gasteiger partial charge in [-0.2, -0.15) is 0 Å². The molecule has 1 N–H and O–H groups in total. The van der Waals surface area contributed by atoms with Crippen molar-refractivity contribution >= 4 is 11.8 Å². The van der Waals surface area contributed by atoms with Gasteiger partial charge in [-0.15, -0.1) is 0 Å². The number of ether oxygens (including phenoxy) is 1. The van der Waals surface area contributed by atoms with Crippen molar-refractivity contribution in [2.75, 3.05) is 19.8 Å². The second kappa shape index (κ2) is 8.37. The highest BCUT2D eigenvalue weighted by Gasteiger charge is 2.50. The van der Waals surface area contributed by atoms with Gasteiger partial charge in [-0.05, 0) is 25.7 Å². The van der Waals surface area contributed by atoms with Crippen LogP contribution in [0.1, 0.15) is 38.4 Å². The Hall–Kier alpha value is -2.67. The molecule has 7 heteroatoms. The molecule has 29 heavy (non-hydrogen) atoms. The molecule has 1 aromatic heterocycles. The lowest BCUT2D eigenvalue weighted by atomic mass is 9.88. The van der Waals surface area contributed by atoms with Gasteiger partial charge in [-0.25, -0.2) is 0 Å². The zero-order valence-corrected chi connectivity index (χ0v) is 16.7. The van der Waals surface area contributed by atoms with E-state index in [4.69, 9.17) is 9.26 Å². The monoisotopic (exact) mass is 397 g/mol. The van der Waals surface area contributed by atoms with E-state index in [1.54, 1.807) is 4.90 Å². The van der Waals surface area contributed by atoms with E-state index in [-0.39, 0.29) is 17.9 Å². The summed E-state index contributed by atoms with van der Waals surface area (Å²) in [6.45, 7) is 3.34. The molecule has 0 spiro atoms. The molecular formula is C22H27N3O4. The average Bonchev–Trinajstić information content (AvgIpc) is 3.38. The smallest absolute Gasteiger partial charge is 0.246 e. The molecule has 2 saturated heterocycles. The highest BCUT2D eigenvalue weighted by atomic mass is 16.5. The zero-order chi connectivity index (χ0) is 20.3. The second-order valence-electron chi connectivity index (χ2n) is 7.91. The first-order valence-electron chi connectivity index (χ1n) is 10.3. The van der Waals surface area contributed by atoms with E-state index in [1.165, 1.54) is 6.92 Å². The number of rotatable bonds is 5. The van der Waals surface area contributed by atoms with Crippen LogP contribution in [-0.2, 0) is 20.7 Å². The lowest BCUT2D eigenvalue weighted by Gasteiger charge is -2.37. The van der Waals surface area contributed by atoms with Gasteiger partial charge in [0.15, 0.2) is 0 Å². The van der Waals surface area contributed by atoms with E-state index in [2.05, 4.69) is 10.5 Å². The number of nitrogens with one attached hydrogen (secondary N) is 1. The Kier molecular flexibility index (Phi) is 5.67. The number of hydrogen-bond donors (Lipinski definition) is 1. The van der Waals surface area contributed by atoms with Gasteiger partial charge in [-0.1, -0.05) is 35.5 Å². The first kappa shape index (κ1) is 19.6. The van der Waals surface area contributed by atoms with Gasteiger partial charge >= 0.3 is 0 Å². The number of likely N-dealkylation sites (tertiary alicyclic amines) is 1. The molecule has 2 fully saturated rings. The molecule has 2 aliphatic heterocycles. The van der Waals surface area contributed by atoms with E-state index >= 15 is 0 Å². The molecule has 4 rings (SSSR count). The van der Waals surface area contributed by atoms with Crippen LogP contribution in [0.25, 0.3) is 11.3 Å². The van der Waals surface area contributed by atoms with Crippen molar-refractivity contribution in [1.29, 1.82) is 0 Å². The first-order valence-corrected chi connectivity index (χ1v) is 10.3. The summed E-state index contributed by atoms with van der Waals surface area (Å²) in [6.07, 6.45) is 3.52. The molecule has 7 nitrogen and oxygen atoms in total. The molecule has 0 aliphatic carbocycles. The van der Waals surface area contributed by atoms with E-state index in [0.717, 1.165) is 37.1 Å². The largest absolute Gasteiger partial charge is 0.379 e. The highest BCUT2D eigenvalue weighted by molar-refractivity contribution is 5.92. The van der Waals surface area contributed by atoms with E-state index in [0.29, 0.717) is 31.8 Å². The fourth-order valence-corrected chi connectivity index (χ4v) is 4.44. The van der Waals surface area contributed by atoms with E-state index in [1.807, 2.05) is 36.4 Å². The topological polar surface area (TPSA) is 84.7 Å². The van der Waals surface area contributed by atoms with Crippen LogP contribution >= 0.6 is 0 Å². The van der Waals surface area contributed by atoms with Crippen LogP contribution in [0.3, 0.4) is 0 Å². The summed E-state index contributed by atoms with van der Waals surface area (Å²) in [5, 5.41) is 7.30. The molecular weight excluding hydrogens is 370 g/mol. The fourth-order valence-electron chi connectivity index (χ4n) is 4.44. The van der Waals surface area contributed by atoms with Crippen molar-refractivity contribution in [2.45, 2.75) is 50.6 Å². The Morgan fingerprint density at radius 3 is 2.83 bits per heavy atom. The number of benzene rings is 1. The summed E-state index contributed by atoms with van der Waals surface area (Å²) in [4.78, 5) is 27.5. The minimum atomic E-state index is -0.948. The summed E-state index contributed by atoms with van der Waals surface area (Å²) in [7, 11) is 0. The van der Waals surface area contributed by atoms with Gasteiger partial charge in [0.05, 0.1) is 12.6 Å². The van der Waals surface area contributed by atoms with Gasteiger partial charge in [0.25, 0.3) is 0 Å². The van der Waals surface area contributed by atoms with Crippen molar-refractivity contribution in [3.63, 3.8) is 0 Å². The number of hydrogen-bond acceptors (Lipinski definition) is 5. The first-order chi connectivity index (χ1) is 14.1. The van der Waals surface area contributed by atoms with Crippen LogP contribution in [0.15, 0.2) is 40.9 Å². The van der Waals surface area contributed by atoms with Gasteiger partial charge in [-0.3, -0.25) is 9.59 Å². The number of aromatic nitrogens is 1. The third kappa shape index (κ3) is 4.05. The van der Waals surface area contributed by atoms with Crippen LogP contribution in [0.2, 0.25) is 0 Å². The molecule has 2 aromatic rings. The molecule has 2 atom stereocenters. The zero-order valence-electron chi connectivity index (χ0n) is 16.7. The Bertz CT molecular complexity index is 860. The third-order valence-electron chi connectivity index (χ3n) is 5.88. The van der Waals surface area contributed by atoms with Crippen molar-refractivity contribution in [3.8, 4) is 11.3 Å². The maximum atomic E-state index is 13.4. The minimum Gasteiger partial charge on any atom is -0.379 e. The van der Waals surface area contributed by atoms with Crippen LogP contribution in [0.5, 0.6) is 0 Å². The number of amides is 2. The summed E-state index contributed by atoms with van der Waals surface area (Å²) < 4.78 is 11.1. The van der Waals surface area contributed by atoms with Crippen molar-refractivity contribution < 1.29 is 18.8 Å². The van der Waals surface area contributed by atoms with Crippen LogP contribution < -0.4 is 5.32 Å². The maximum absolute atomic E-state index is 13.4. The molecule has 2 amide bonds.